The second kappa shape index (κ2) is 2.01. The van der Waals surface area contributed by atoms with Gasteiger partial charge in [0.05, 0.1) is 0 Å². The highest BCUT2D eigenvalue weighted by Gasteiger charge is 2.00. The summed E-state index contributed by atoms with van der Waals surface area (Å²) in [6.45, 7) is 0. The Morgan fingerprint density at radius 2 is 2.38 bits per heavy atom. The molecule has 2 nitrogen and oxygen atoms in total. The highest BCUT2D eigenvalue weighted by molar-refractivity contribution is 6.32. The van der Waals surface area contributed by atoms with E-state index in [1.807, 2.05) is 0 Å². The molecule has 8 heavy (non-hydrogen) atoms. The van der Waals surface area contributed by atoms with Gasteiger partial charge in [0.2, 0.25) is 0 Å². The van der Waals surface area contributed by atoms with Crippen LogP contribution in [0, 0.1) is 0 Å². The van der Waals surface area contributed by atoms with E-state index in [0.717, 1.165) is 0 Å². The number of hydrogen-bond donors (Lipinski definition) is 0. The Balaban J connectivity index is 2.77. The lowest BCUT2D eigenvalue weighted by molar-refractivity contribution is -0.115. The molecule has 0 aromatic carbocycles. The lowest BCUT2D eigenvalue weighted by Crippen LogP contribution is -2.08. The summed E-state index contributed by atoms with van der Waals surface area (Å²) in [5.74, 6) is -0.294. The standard InChI is InChI=1S/C5H3ClNO/c6-4-1-2-7-5(8)3-4/h1-3H. The molecule has 1 amide bonds. The van der Waals surface area contributed by atoms with Crippen LogP contribution in [-0.2, 0) is 4.79 Å². The van der Waals surface area contributed by atoms with Crippen LogP contribution in [0.15, 0.2) is 23.4 Å². The van der Waals surface area contributed by atoms with Gasteiger partial charge in [0.1, 0.15) is 0 Å². The van der Waals surface area contributed by atoms with Crippen LogP contribution in [0.25, 0.3) is 0 Å². The molecule has 1 aliphatic rings. The molecule has 1 heterocycles. The number of hydrogen-bond acceptors (Lipinski definition) is 1. The zero-order chi connectivity index (χ0) is 5.98. The first-order valence-electron chi connectivity index (χ1n) is 2.07. The zero-order valence-electron chi connectivity index (χ0n) is 3.97. The highest BCUT2D eigenvalue weighted by Crippen LogP contribution is 2.05. The average molecular weight is 129 g/mol. The molecular formula is C5H3ClNO. The van der Waals surface area contributed by atoms with Gasteiger partial charge in [0, 0.05) is 17.3 Å². The smallest absolute Gasteiger partial charge is 0.267 e. The minimum Gasteiger partial charge on any atom is -0.267 e. The predicted molar refractivity (Wildman–Crippen MR) is 30.2 cm³/mol. The highest BCUT2D eigenvalue weighted by atomic mass is 35.5. The fraction of sp³-hybridized carbons (Fsp3) is 0. The van der Waals surface area contributed by atoms with Crippen molar-refractivity contribution >= 4 is 17.5 Å². The van der Waals surface area contributed by atoms with E-state index >= 15 is 0 Å². The maximum atomic E-state index is 10.3. The third-order valence-electron chi connectivity index (χ3n) is 0.697. The van der Waals surface area contributed by atoms with Crippen LogP contribution in [0.4, 0.5) is 0 Å². The van der Waals surface area contributed by atoms with Crippen molar-refractivity contribution in [2.75, 3.05) is 0 Å². The molecule has 0 bridgehead atoms. The Labute approximate surface area is 51.8 Å². The first-order valence-corrected chi connectivity index (χ1v) is 2.45. The van der Waals surface area contributed by atoms with E-state index in [-0.39, 0.29) is 5.91 Å². The first-order chi connectivity index (χ1) is 3.79. The van der Waals surface area contributed by atoms with Crippen molar-refractivity contribution in [1.29, 1.82) is 0 Å². The molecule has 0 fully saturated rings. The number of halogens is 1. The molecule has 0 spiro atoms. The van der Waals surface area contributed by atoms with Gasteiger partial charge < -0.3 is 0 Å². The fourth-order valence-corrected chi connectivity index (χ4v) is 0.535. The second-order valence-corrected chi connectivity index (χ2v) is 1.75. The number of rotatable bonds is 0. The minimum atomic E-state index is -0.294. The van der Waals surface area contributed by atoms with Crippen molar-refractivity contribution in [1.82, 2.24) is 5.32 Å². The number of nitrogens with zero attached hydrogens (tertiary/aromatic N) is 1. The van der Waals surface area contributed by atoms with Crippen LogP contribution in [0.1, 0.15) is 0 Å². The summed E-state index contributed by atoms with van der Waals surface area (Å²) in [6, 6.07) is 0. The molecule has 1 aliphatic heterocycles. The van der Waals surface area contributed by atoms with Crippen LogP contribution < -0.4 is 5.32 Å². The molecule has 41 valence electrons. The molecule has 0 aromatic rings. The maximum absolute atomic E-state index is 10.3. The van der Waals surface area contributed by atoms with Crippen LogP contribution >= 0.6 is 11.6 Å². The fourth-order valence-electron chi connectivity index (χ4n) is 0.385. The van der Waals surface area contributed by atoms with Gasteiger partial charge in [-0.3, -0.25) is 4.79 Å². The van der Waals surface area contributed by atoms with Crippen molar-refractivity contribution < 1.29 is 4.79 Å². The number of allylic oxidation sites excluding steroid dienone is 2. The molecule has 3 heteroatoms. The van der Waals surface area contributed by atoms with E-state index in [9.17, 15) is 4.79 Å². The van der Waals surface area contributed by atoms with Crippen molar-refractivity contribution in [3.8, 4) is 0 Å². The van der Waals surface area contributed by atoms with Gasteiger partial charge in [-0.1, -0.05) is 11.6 Å². The molecule has 0 saturated carbocycles. The van der Waals surface area contributed by atoms with Crippen LogP contribution in [0.3, 0.4) is 0 Å². The van der Waals surface area contributed by atoms with Gasteiger partial charge in [-0.25, -0.2) is 5.32 Å². The lowest BCUT2D eigenvalue weighted by atomic mass is 10.4. The van der Waals surface area contributed by atoms with E-state index in [4.69, 9.17) is 11.6 Å². The van der Waals surface area contributed by atoms with Crippen molar-refractivity contribution in [3.05, 3.63) is 23.4 Å². The third kappa shape index (κ3) is 1.10. The number of amides is 1. The van der Waals surface area contributed by atoms with Crippen molar-refractivity contribution in [3.63, 3.8) is 0 Å². The summed E-state index contributed by atoms with van der Waals surface area (Å²) in [4.78, 5) is 10.3. The van der Waals surface area contributed by atoms with E-state index in [1.165, 1.54) is 12.3 Å². The Morgan fingerprint density at radius 1 is 1.62 bits per heavy atom. The summed E-state index contributed by atoms with van der Waals surface area (Å²) >= 11 is 5.40. The molecule has 0 atom stereocenters. The molecule has 1 rings (SSSR count). The van der Waals surface area contributed by atoms with Crippen LogP contribution in [0.2, 0.25) is 0 Å². The summed E-state index contributed by atoms with van der Waals surface area (Å²) < 4.78 is 0. The van der Waals surface area contributed by atoms with Gasteiger partial charge in [-0.2, -0.15) is 0 Å². The van der Waals surface area contributed by atoms with Gasteiger partial charge >= 0.3 is 0 Å². The minimum absolute atomic E-state index is 0.294. The molecule has 0 N–H and O–H groups in total. The summed E-state index contributed by atoms with van der Waals surface area (Å²) in [5.41, 5.74) is 0. The first kappa shape index (κ1) is 5.38. The maximum Gasteiger partial charge on any atom is 0.271 e. The molecule has 1 radical (unpaired) electrons. The summed E-state index contributed by atoms with van der Waals surface area (Å²) in [7, 11) is 0. The number of carbonyl (C=O) groups is 1. The predicted octanol–water partition coefficient (Wildman–Crippen LogP) is 0.767. The van der Waals surface area contributed by atoms with E-state index in [1.54, 1.807) is 6.08 Å². The molecule has 0 aromatic heterocycles. The van der Waals surface area contributed by atoms with E-state index < -0.39 is 0 Å². The van der Waals surface area contributed by atoms with Crippen LogP contribution in [0.5, 0.6) is 0 Å². The third-order valence-corrected chi connectivity index (χ3v) is 0.932. The molecular weight excluding hydrogens is 126 g/mol. The van der Waals surface area contributed by atoms with Gasteiger partial charge in [-0.15, -0.1) is 0 Å². The molecule has 0 aliphatic carbocycles. The zero-order valence-corrected chi connectivity index (χ0v) is 4.72. The van der Waals surface area contributed by atoms with E-state index in [0.29, 0.717) is 5.03 Å². The lowest BCUT2D eigenvalue weighted by Gasteiger charge is -1.94. The number of carbonyl (C=O) groups excluding carboxylic acids is 1. The Bertz CT molecular complexity index is 171. The van der Waals surface area contributed by atoms with Gasteiger partial charge in [0.15, 0.2) is 0 Å². The Hall–Kier alpha value is -0.760. The average Bonchev–Trinajstić information content (AvgIpc) is 1.64. The molecule has 0 unspecified atom stereocenters. The summed E-state index contributed by atoms with van der Waals surface area (Å²) in [6.07, 6.45) is 4.20. The topological polar surface area (TPSA) is 31.2 Å². The Kier molecular flexibility index (Phi) is 1.35. The van der Waals surface area contributed by atoms with Crippen molar-refractivity contribution in [2.24, 2.45) is 0 Å². The van der Waals surface area contributed by atoms with Gasteiger partial charge in [-0.05, 0) is 6.08 Å². The monoisotopic (exact) mass is 128 g/mol. The summed E-state index contributed by atoms with van der Waals surface area (Å²) in [5, 5.41) is 3.84. The SMILES string of the molecule is O=C1C=C(Cl)C=C[N]1. The Morgan fingerprint density at radius 3 is 2.75 bits per heavy atom. The van der Waals surface area contributed by atoms with Crippen molar-refractivity contribution in [2.45, 2.75) is 0 Å². The molecule has 0 saturated heterocycles. The van der Waals surface area contributed by atoms with Crippen LogP contribution in [-0.4, -0.2) is 5.91 Å². The quantitative estimate of drug-likeness (QED) is 0.474. The second-order valence-electron chi connectivity index (χ2n) is 1.31. The normalized spacial score (nSPS) is 17.6. The largest absolute Gasteiger partial charge is 0.271 e. The van der Waals surface area contributed by atoms with E-state index in [2.05, 4.69) is 5.32 Å². The van der Waals surface area contributed by atoms with Gasteiger partial charge in [0.25, 0.3) is 5.91 Å².